The summed E-state index contributed by atoms with van der Waals surface area (Å²) in [6.07, 6.45) is 2.65. The van der Waals surface area contributed by atoms with Gasteiger partial charge in [0.25, 0.3) is 0 Å². The van der Waals surface area contributed by atoms with Crippen LogP contribution in [0.1, 0.15) is 26.7 Å². The van der Waals surface area contributed by atoms with Gasteiger partial charge >= 0.3 is 60.8 Å². The molecule has 0 spiro atoms. The van der Waals surface area contributed by atoms with Gasteiger partial charge in [0, 0.05) is 0 Å². The van der Waals surface area contributed by atoms with Gasteiger partial charge in [0.1, 0.15) is 0 Å². The van der Waals surface area contributed by atoms with Crippen LogP contribution in [-0.2, 0) is 0 Å². The maximum absolute atomic E-state index is 5.99. The van der Waals surface area contributed by atoms with Crippen LogP contribution in [0.5, 0.6) is 0 Å². The molecule has 0 bridgehead atoms. The van der Waals surface area contributed by atoms with Crippen LogP contribution in [0.2, 0.25) is 10.4 Å². The van der Waals surface area contributed by atoms with Gasteiger partial charge in [-0.1, -0.05) is 0 Å². The third-order valence-electron chi connectivity index (χ3n) is 1.10. The molecule has 1 atom stereocenters. The molecule has 0 amide bonds. The molecule has 0 aliphatic carbocycles. The number of rotatable bonds is 4. The molecule has 0 N–H and O–H groups in total. The Kier molecular flexibility index (Phi) is 6.61. The Balaban J connectivity index is 2.86. The molecule has 0 saturated heterocycles. The predicted octanol–water partition coefficient (Wildman–Crippen LogP) is 3.04. The fraction of sp³-hybridized carbons (Fsp3) is 1.00. The second kappa shape index (κ2) is 5.98. The normalized spacial score (nSPS) is 13.9. The Labute approximate surface area is 61.0 Å². The van der Waals surface area contributed by atoms with E-state index in [0.29, 0.717) is 0 Å². The Hall–Kier alpha value is 0.848. The van der Waals surface area contributed by atoms with E-state index in [1.54, 1.807) is 0 Å². The SMILES string of the molecule is CCCC[As](Cl)CC. The van der Waals surface area contributed by atoms with Crippen molar-refractivity contribution in [2.24, 2.45) is 0 Å². The van der Waals surface area contributed by atoms with E-state index in [2.05, 4.69) is 13.8 Å². The first-order valence-corrected chi connectivity index (χ1v) is 8.34. The molecule has 0 rings (SSSR count). The molecule has 0 aromatic rings. The number of unbranched alkanes of at least 4 members (excludes halogenated alkanes) is 1. The van der Waals surface area contributed by atoms with Crippen LogP contribution >= 0.6 is 9.95 Å². The summed E-state index contributed by atoms with van der Waals surface area (Å²) in [6, 6.07) is 0. The van der Waals surface area contributed by atoms with E-state index in [9.17, 15) is 0 Å². The van der Waals surface area contributed by atoms with Gasteiger partial charge in [0.15, 0.2) is 0 Å². The number of hydrogen-bond donors (Lipinski definition) is 0. The topological polar surface area (TPSA) is 0 Å². The number of halogens is 1. The van der Waals surface area contributed by atoms with Crippen molar-refractivity contribution in [2.45, 2.75) is 37.1 Å². The van der Waals surface area contributed by atoms with Gasteiger partial charge in [-0.3, -0.25) is 0 Å². The summed E-state index contributed by atoms with van der Waals surface area (Å²) in [5.74, 6) is 0. The van der Waals surface area contributed by atoms with Gasteiger partial charge in [-0.25, -0.2) is 0 Å². The monoisotopic (exact) mass is 196 g/mol. The Morgan fingerprint density at radius 2 is 2.00 bits per heavy atom. The van der Waals surface area contributed by atoms with Crippen molar-refractivity contribution in [3.8, 4) is 0 Å². The molecule has 0 fully saturated rings. The average Bonchev–Trinajstić information content (AvgIpc) is 1.83. The average molecular weight is 197 g/mol. The van der Waals surface area contributed by atoms with E-state index in [0.717, 1.165) is 0 Å². The van der Waals surface area contributed by atoms with Gasteiger partial charge < -0.3 is 0 Å². The van der Waals surface area contributed by atoms with Gasteiger partial charge in [-0.05, 0) is 0 Å². The summed E-state index contributed by atoms with van der Waals surface area (Å²) < 4.78 is 0. The van der Waals surface area contributed by atoms with Crippen molar-refractivity contribution >= 4 is 23.7 Å². The molecule has 0 heterocycles. The zero-order valence-electron chi connectivity index (χ0n) is 5.65. The first-order chi connectivity index (χ1) is 3.81. The summed E-state index contributed by atoms with van der Waals surface area (Å²) in [7, 11) is 5.99. The molecule has 0 radical (unpaired) electrons. The molecule has 0 nitrogen and oxygen atoms in total. The Morgan fingerprint density at radius 1 is 1.38 bits per heavy atom. The van der Waals surface area contributed by atoms with E-state index in [1.807, 2.05) is 0 Å². The van der Waals surface area contributed by atoms with Crippen LogP contribution in [0, 0.1) is 0 Å². The summed E-state index contributed by atoms with van der Waals surface area (Å²) in [4.78, 5) is 0. The van der Waals surface area contributed by atoms with Gasteiger partial charge in [0.2, 0.25) is 0 Å². The molecule has 0 aromatic heterocycles. The second-order valence-electron chi connectivity index (χ2n) is 1.86. The Bertz CT molecular complexity index is 47.8. The molecular weight excluding hydrogens is 182 g/mol. The molecule has 0 aliphatic heterocycles. The zero-order chi connectivity index (χ0) is 6.41. The summed E-state index contributed by atoms with van der Waals surface area (Å²) in [6.45, 7) is 4.41. The van der Waals surface area contributed by atoms with Crippen LogP contribution in [0.15, 0.2) is 0 Å². The van der Waals surface area contributed by atoms with Gasteiger partial charge in [-0.15, -0.1) is 0 Å². The molecule has 0 aliphatic rings. The first-order valence-electron chi connectivity index (χ1n) is 3.22. The molecule has 2 heteroatoms. The van der Waals surface area contributed by atoms with Gasteiger partial charge in [-0.2, -0.15) is 0 Å². The number of hydrogen-bond acceptors (Lipinski definition) is 0. The van der Waals surface area contributed by atoms with Crippen molar-refractivity contribution in [1.82, 2.24) is 0 Å². The standard InChI is InChI=1S/C6H14AsCl/c1-3-5-6-7(8)4-2/h3-6H2,1-2H3. The van der Waals surface area contributed by atoms with Crippen LogP contribution < -0.4 is 0 Å². The van der Waals surface area contributed by atoms with E-state index in [4.69, 9.17) is 9.95 Å². The quantitative estimate of drug-likeness (QED) is 0.607. The first kappa shape index (κ1) is 8.85. The fourth-order valence-corrected chi connectivity index (χ4v) is 3.16. The minimum absolute atomic E-state index is 0.784. The third kappa shape index (κ3) is 4.99. The van der Waals surface area contributed by atoms with Crippen molar-refractivity contribution in [3.63, 3.8) is 0 Å². The summed E-state index contributed by atoms with van der Waals surface area (Å²) >= 11 is -0.784. The second-order valence-corrected chi connectivity index (χ2v) is 8.55. The van der Waals surface area contributed by atoms with Crippen LogP contribution in [-0.4, -0.2) is 13.7 Å². The summed E-state index contributed by atoms with van der Waals surface area (Å²) in [5, 5.41) is 2.59. The fourth-order valence-electron chi connectivity index (χ4n) is 0.488. The van der Waals surface area contributed by atoms with Crippen molar-refractivity contribution in [3.05, 3.63) is 0 Å². The molecule has 1 unspecified atom stereocenters. The molecule has 0 saturated carbocycles. The minimum atomic E-state index is -0.784. The maximum atomic E-state index is 5.99. The van der Waals surface area contributed by atoms with Crippen molar-refractivity contribution in [1.29, 1.82) is 0 Å². The summed E-state index contributed by atoms with van der Waals surface area (Å²) in [5.41, 5.74) is 0. The van der Waals surface area contributed by atoms with E-state index < -0.39 is 13.7 Å². The molecular formula is C6H14AsCl. The van der Waals surface area contributed by atoms with Crippen LogP contribution in [0.25, 0.3) is 0 Å². The third-order valence-corrected chi connectivity index (χ3v) is 6.34. The van der Waals surface area contributed by atoms with Gasteiger partial charge in [0.05, 0.1) is 0 Å². The predicted molar refractivity (Wildman–Crippen MR) is 41.8 cm³/mol. The van der Waals surface area contributed by atoms with Crippen molar-refractivity contribution < 1.29 is 0 Å². The van der Waals surface area contributed by atoms with Crippen molar-refractivity contribution in [2.75, 3.05) is 0 Å². The Morgan fingerprint density at radius 3 is 2.38 bits per heavy atom. The molecule has 8 heavy (non-hydrogen) atoms. The van der Waals surface area contributed by atoms with E-state index in [1.165, 1.54) is 23.3 Å². The molecule has 50 valence electrons. The van der Waals surface area contributed by atoms with E-state index in [-0.39, 0.29) is 0 Å². The van der Waals surface area contributed by atoms with E-state index >= 15 is 0 Å². The van der Waals surface area contributed by atoms with Crippen LogP contribution in [0.4, 0.5) is 0 Å². The molecule has 0 aromatic carbocycles. The zero-order valence-corrected chi connectivity index (χ0v) is 8.29. The van der Waals surface area contributed by atoms with Crippen LogP contribution in [0.3, 0.4) is 0 Å².